The van der Waals surface area contributed by atoms with Gasteiger partial charge in [-0.3, -0.25) is 0 Å². The van der Waals surface area contributed by atoms with Crippen LogP contribution in [0.25, 0.3) is 0 Å². The summed E-state index contributed by atoms with van der Waals surface area (Å²) in [5.74, 6) is 0. The third-order valence-electron chi connectivity index (χ3n) is 4.20. The topological polar surface area (TPSA) is 0 Å². The van der Waals surface area contributed by atoms with Gasteiger partial charge in [-0.2, -0.15) is 0 Å². The number of benzene rings is 1. The van der Waals surface area contributed by atoms with E-state index in [0.29, 0.717) is 0 Å². The summed E-state index contributed by atoms with van der Waals surface area (Å²) in [6.45, 7) is 16.7. The minimum atomic E-state index is 1.03. The molecule has 0 nitrogen and oxygen atoms in total. The van der Waals surface area contributed by atoms with Gasteiger partial charge in [0, 0.05) is 0 Å². The summed E-state index contributed by atoms with van der Waals surface area (Å²) in [4.78, 5) is 0. The van der Waals surface area contributed by atoms with Gasteiger partial charge in [0.05, 0.1) is 0 Å². The Morgan fingerprint density at radius 1 is 0.765 bits per heavy atom. The molecule has 17 heavy (non-hydrogen) atoms. The second kappa shape index (κ2) is 6.05. The Bertz CT molecular complexity index is 382. The molecule has 0 atom stereocenters. The molecule has 0 unspecified atom stereocenters. The van der Waals surface area contributed by atoms with Gasteiger partial charge in [-0.25, -0.2) is 0 Å². The summed E-state index contributed by atoms with van der Waals surface area (Å²) >= 11 is 0. The minimum absolute atomic E-state index is 1.03. The van der Waals surface area contributed by atoms with Crippen molar-refractivity contribution in [3.63, 3.8) is 0 Å². The second-order valence-electron chi connectivity index (χ2n) is 5.09. The quantitative estimate of drug-likeness (QED) is 0.628. The van der Waals surface area contributed by atoms with Crippen molar-refractivity contribution in [2.45, 2.75) is 60.3 Å². The monoisotopic (exact) mass is 229 g/mol. The first kappa shape index (κ1) is 14.0. The SMILES string of the molecule is [CH]=CCCCCc1c(C)c(C)c(C)c(C)c1C. The number of allylic oxidation sites excluding steroid dienone is 1. The van der Waals surface area contributed by atoms with Crippen molar-refractivity contribution in [3.8, 4) is 0 Å². The van der Waals surface area contributed by atoms with Crippen molar-refractivity contribution in [2.24, 2.45) is 0 Å². The van der Waals surface area contributed by atoms with E-state index >= 15 is 0 Å². The van der Waals surface area contributed by atoms with Gasteiger partial charge in [0.2, 0.25) is 0 Å². The van der Waals surface area contributed by atoms with Gasteiger partial charge in [0.15, 0.2) is 0 Å². The summed E-state index contributed by atoms with van der Waals surface area (Å²) in [6, 6.07) is 0. The van der Waals surface area contributed by atoms with Crippen LogP contribution in [-0.2, 0) is 6.42 Å². The normalized spacial score (nSPS) is 10.6. The third kappa shape index (κ3) is 3.00. The van der Waals surface area contributed by atoms with Crippen LogP contribution in [0.5, 0.6) is 0 Å². The summed E-state index contributed by atoms with van der Waals surface area (Å²) in [7, 11) is 0. The van der Waals surface area contributed by atoms with Crippen molar-refractivity contribution < 1.29 is 0 Å². The summed E-state index contributed by atoms with van der Waals surface area (Å²) < 4.78 is 0. The Kier molecular flexibility index (Phi) is 4.99. The van der Waals surface area contributed by atoms with Crippen LogP contribution in [0, 0.1) is 41.2 Å². The van der Waals surface area contributed by atoms with Crippen molar-refractivity contribution in [2.75, 3.05) is 0 Å². The van der Waals surface area contributed by atoms with Gasteiger partial charge in [-0.1, -0.05) is 12.7 Å². The van der Waals surface area contributed by atoms with Gasteiger partial charge in [-0.05, 0) is 93.7 Å². The van der Waals surface area contributed by atoms with Crippen LogP contribution in [0.1, 0.15) is 52.6 Å². The lowest BCUT2D eigenvalue weighted by atomic mass is 9.87. The Morgan fingerprint density at radius 3 is 1.71 bits per heavy atom. The fraction of sp³-hybridized carbons (Fsp3) is 0.529. The molecule has 0 aromatic heterocycles. The van der Waals surface area contributed by atoms with Crippen LogP contribution in [0.15, 0.2) is 6.08 Å². The van der Waals surface area contributed by atoms with Crippen molar-refractivity contribution in [1.29, 1.82) is 0 Å². The highest BCUT2D eigenvalue weighted by molar-refractivity contribution is 5.49. The predicted molar refractivity (Wildman–Crippen MR) is 76.6 cm³/mol. The minimum Gasteiger partial charge on any atom is -0.0845 e. The molecule has 0 heteroatoms. The number of rotatable bonds is 5. The molecule has 0 heterocycles. The lowest BCUT2D eigenvalue weighted by Crippen LogP contribution is -2.03. The largest absolute Gasteiger partial charge is 0.0845 e. The van der Waals surface area contributed by atoms with Crippen LogP contribution in [-0.4, -0.2) is 0 Å². The lowest BCUT2D eigenvalue weighted by molar-refractivity contribution is 0.740. The maximum Gasteiger partial charge on any atom is -0.0273 e. The molecular weight excluding hydrogens is 204 g/mol. The second-order valence-corrected chi connectivity index (χ2v) is 5.09. The van der Waals surface area contributed by atoms with E-state index in [4.69, 9.17) is 6.58 Å². The van der Waals surface area contributed by atoms with Crippen molar-refractivity contribution in [3.05, 3.63) is 46.0 Å². The first-order valence-corrected chi connectivity index (χ1v) is 6.60. The van der Waals surface area contributed by atoms with E-state index in [9.17, 15) is 0 Å². The number of hydrogen-bond donors (Lipinski definition) is 0. The van der Waals surface area contributed by atoms with E-state index < -0.39 is 0 Å². The van der Waals surface area contributed by atoms with Crippen LogP contribution in [0.4, 0.5) is 0 Å². The highest BCUT2D eigenvalue weighted by Crippen LogP contribution is 2.27. The zero-order valence-corrected chi connectivity index (χ0v) is 12.0. The van der Waals surface area contributed by atoms with E-state index in [0.717, 1.165) is 6.42 Å². The average molecular weight is 229 g/mol. The fourth-order valence-electron chi connectivity index (χ4n) is 2.52. The zero-order chi connectivity index (χ0) is 13.0. The molecule has 0 saturated carbocycles. The summed E-state index contributed by atoms with van der Waals surface area (Å²) in [5.41, 5.74) is 8.92. The first-order valence-electron chi connectivity index (χ1n) is 6.60. The van der Waals surface area contributed by atoms with Gasteiger partial charge >= 0.3 is 0 Å². The molecule has 0 N–H and O–H groups in total. The third-order valence-corrected chi connectivity index (χ3v) is 4.20. The Labute approximate surface area is 107 Å². The Morgan fingerprint density at radius 2 is 1.24 bits per heavy atom. The van der Waals surface area contributed by atoms with Crippen molar-refractivity contribution in [1.82, 2.24) is 0 Å². The van der Waals surface area contributed by atoms with E-state index in [2.05, 4.69) is 34.6 Å². The van der Waals surface area contributed by atoms with Crippen LogP contribution >= 0.6 is 0 Å². The Balaban J connectivity index is 2.95. The predicted octanol–water partition coefficient (Wildman–Crippen LogP) is 4.93. The number of unbranched alkanes of at least 4 members (excludes halogenated alkanes) is 2. The fourth-order valence-corrected chi connectivity index (χ4v) is 2.52. The summed E-state index contributed by atoms with van der Waals surface area (Å²) in [6.07, 6.45) is 6.42. The molecule has 0 aliphatic heterocycles. The first-order chi connectivity index (χ1) is 8.00. The number of hydrogen-bond acceptors (Lipinski definition) is 0. The van der Waals surface area contributed by atoms with Gasteiger partial charge in [0.25, 0.3) is 0 Å². The average Bonchev–Trinajstić information content (AvgIpc) is 2.33. The Hall–Kier alpha value is -1.04. The maximum absolute atomic E-state index is 5.41. The summed E-state index contributed by atoms with van der Waals surface area (Å²) in [5, 5.41) is 0. The maximum atomic E-state index is 5.41. The molecule has 1 aromatic carbocycles. The molecule has 0 amide bonds. The molecule has 0 saturated heterocycles. The van der Waals surface area contributed by atoms with Crippen molar-refractivity contribution >= 4 is 0 Å². The van der Waals surface area contributed by atoms with Gasteiger partial charge in [0.1, 0.15) is 0 Å². The molecular formula is C17H25. The van der Waals surface area contributed by atoms with Crippen LogP contribution < -0.4 is 0 Å². The molecule has 1 radical (unpaired) electrons. The molecule has 1 aromatic rings. The van der Waals surface area contributed by atoms with E-state index in [1.807, 2.05) is 0 Å². The van der Waals surface area contributed by atoms with Gasteiger partial charge in [-0.15, -0.1) is 0 Å². The van der Waals surface area contributed by atoms with E-state index in [-0.39, 0.29) is 0 Å². The smallest absolute Gasteiger partial charge is 0.0273 e. The van der Waals surface area contributed by atoms with Crippen LogP contribution in [0.3, 0.4) is 0 Å². The standard InChI is InChI=1S/C17H25/c1-7-8-9-10-11-17-15(5)13(3)12(2)14(4)16(17)6/h1,7H,8-11H2,2-6H3. The molecule has 0 aliphatic rings. The van der Waals surface area contributed by atoms with Gasteiger partial charge < -0.3 is 0 Å². The molecule has 0 spiro atoms. The van der Waals surface area contributed by atoms with E-state index in [1.54, 1.807) is 11.6 Å². The highest BCUT2D eigenvalue weighted by Gasteiger charge is 2.11. The lowest BCUT2D eigenvalue weighted by Gasteiger charge is -2.18. The van der Waals surface area contributed by atoms with E-state index in [1.165, 1.54) is 47.1 Å². The van der Waals surface area contributed by atoms with Crippen LogP contribution in [0.2, 0.25) is 0 Å². The molecule has 1 rings (SSSR count). The molecule has 0 aliphatic carbocycles. The molecule has 0 fully saturated rings. The highest BCUT2D eigenvalue weighted by atomic mass is 14.2. The molecule has 0 bridgehead atoms. The zero-order valence-electron chi connectivity index (χ0n) is 12.0. The molecule has 93 valence electrons.